The third-order valence-electron chi connectivity index (χ3n) is 16.3. The first-order valence-electron chi connectivity index (χ1n) is 27.3. The van der Waals surface area contributed by atoms with Crippen LogP contribution in [-0.2, 0) is 14.4 Å². The highest BCUT2D eigenvalue weighted by Gasteiger charge is 2.64. The number of anilines is 1. The molecule has 2 aromatic carbocycles. The van der Waals surface area contributed by atoms with Crippen molar-refractivity contribution in [2.24, 2.45) is 16.2 Å². The number of rotatable bonds is 18. The fourth-order valence-electron chi connectivity index (χ4n) is 12.1. The fraction of sp³-hybridized carbons (Fsp3) is 0.569. The molecule has 19 heteroatoms. The number of amides is 4. The van der Waals surface area contributed by atoms with Gasteiger partial charge in [-0.25, -0.2) is 9.97 Å². The minimum Gasteiger partial charge on any atom is -0.489 e. The highest BCUT2D eigenvalue weighted by atomic mass is 35.5. The number of likely N-dealkylation sites (tertiary alicyclic amines) is 1. The maximum absolute atomic E-state index is 14.3. The zero-order valence-electron chi connectivity index (χ0n) is 46.4. The lowest BCUT2D eigenvalue weighted by molar-refractivity contribution is -0.164. The molecule has 4 aliphatic rings. The number of aromatic amines is 1. The number of carbonyl (C=O) groups is 4. The number of β-amino-alcohol motifs (C(OH)–C–C–N with tert-alkyl or cyclic N) is 1. The lowest BCUT2D eigenvalue weighted by Gasteiger charge is -2.63. The van der Waals surface area contributed by atoms with Crippen molar-refractivity contribution >= 4 is 41.0 Å². The number of H-pyrrole nitrogens is 1. The Kier molecular flexibility index (Phi) is 17.7. The number of carbonyl (C=O) groups excluding carboxylic acids is 4. The molecule has 77 heavy (non-hydrogen) atoms. The fourth-order valence-corrected chi connectivity index (χ4v) is 12.3. The number of nitrogens with one attached hydrogen (secondary N) is 4. The number of unbranched alkanes of at least 4 members (excludes halogenated alkanes) is 1. The molecule has 0 spiro atoms. The zero-order chi connectivity index (χ0) is 55.4. The molecular weight excluding hydrogens is 996 g/mol. The van der Waals surface area contributed by atoms with Crippen molar-refractivity contribution in [3.63, 3.8) is 0 Å². The van der Waals surface area contributed by atoms with Crippen LogP contribution in [0.15, 0.2) is 67.1 Å². The smallest absolute Gasteiger partial charge is 0.253 e. The van der Waals surface area contributed by atoms with Gasteiger partial charge in [-0.3, -0.25) is 29.0 Å². The van der Waals surface area contributed by atoms with Crippen molar-refractivity contribution in [2.75, 3.05) is 83.4 Å². The molecule has 4 fully saturated rings. The lowest BCUT2D eigenvalue weighted by Crippen LogP contribution is -2.74. The molecule has 1 saturated carbocycles. The normalized spacial score (nSPS) is 22.6. The number of aromatic nitrogens is 3. The van der Waals surface area contributed by atoms with Crippen LogP contribution >= 0.6 is 11.6 Å². The van der Waals surface area contributed by atoms with Crippen molar-refractivity contribution < 1.29 is 29.0 Å². The van der Waals surface area contributed by atoms with Crippen LogP contribution < -0.4 is 25.6 Å². The number of hydrogen-bond acceptors (Lipinski definition) is 13. The summed E-state index contributed by atoms with van der Waals surface area (Å²) in [5, 5.41) is 29.7. The van der Waals surface area contributed by atoms with Crippen molar-refractivity contribution in [1.82, 2.24) is 50.5 Å². The van der Waals surface area contributed by atoms with E-state index in [-0.39, 0.29) is 72.2 Å². The zero-order valence-corrected chi connectivity index (χ0v) is 47.1. The van der Waals surface area contributed by atoms with Gasteiger partial charge in [-0.15, -0.1) is 0 Å². The van der Waals surface area contributed by atoms with Gasteiger partial charge in [0.2, 0.25) is 17.7 Å². The van der Waals surface area contributed by atoms with Gasteiger partial charge < -0.3 is 45.5 Å². The number of aliphatic hydroxyl groups is 1. The Morgan fingerprint density at radius 3 is 2.09 bits per heavy atom. The molecule has 3 aliphatic heterocycles. The summed E-state index contributed by atoms with van der Waals surface area (Å²) in [7, 11) is 0. The van der Waals surface area contributed by atoms with Gasteiger partial charge >= 0.3 is 0 Å². The van der Waals surface area contributed by atoms with Crippen LogP contribution in [0, 0.1) is 34.5 Å². The maximum Gasteiger partial charge on any atom is 0.253 e. The first-order chi connectivity index (χ1) is 36.5. The standard InChI is InChI=1S/C58H79ClN12O6/c1-37(39-12-14-40(15-13-39)49-38(2)62-36-63-49)64-52(75)46-30-43(72)34-71(46)53(76)50(56(3,4)5)65-48(73)35-69-24-22-67(23-25-69)20-10-11-21-68-26-28-70(29-27-68)47-19-17-42(33-61-47)51(74)66-54-57(6,7)55(58(54,8)9)77-44-18-16-41(32-60)45(59)31-44/h12-19,31,33,36-37,43,46,50,54-55,72H,10-11,20-30,34-35H2,1-9H3,(H,62,63)(H,64,75)(H,65,73)(H,66,74)/t37-,43+,46?,50?,54?,55?/m0/s1. The molecule has 0 bridgehead atoms. The number of ether oxygens (including phenoxy) is 1. The molecule has 2 aromatic heterocycles. The summed E-state index contributed by atoms with van der Waals surface area (Å²) in [6.45, 7) is 26.9. The Hall–Kier alpha value is -6.10. The Morgan fingerprint density at radius 2 is 1.52 bits per heavy atom. The van der Waals surface area contributed by atoms with Crippen LogP contribution in [-0.4, -0.2) is 172 Å². The predicted octanol–water partition coefficient (Wildman–Crippen LogP) is 5.81. The number of nitriles is 1. The van der Waals surface area contributed by atoms with Crippen LogP contribution in [0.3, 0.4) is 0 Å². The topological polar surface area (TPSA) is 215 Å². The number of imidazole rings is 1. The monoisotopic (exact) mass is 1070 g/mol. The minimum atomic E-state index is -0.890. The number of piperazine rings is 2. The molecule has 0 radical (unpaired) electrons. The molecule has 8 rings (SSSR count). The molecule has 1 aliphatic carbocycles. The van der Waals surface area contributed by atoms with Gasteiger partial charge in [-0.1, -0.05) is 84.3 Å². The van der Waals surface area contributed by atoms with E-state index >= 15 is 0 Å². The van der Waals surface area contributed by atoms with E-state index in [1.807, 2.05) is 71.0 Å². The number of aryl methyl sites for hydroxylation is 1. The van der Waals surface area contributed by atoms with E-state index in [0.717, 1.165) is 107 Å². The summed E-state index contributed by atoms with van der Waals surface area (Å²) in [6, 6.07) is 16.5. The highest BCUT2D eigenvalue weighted by Crippen LogP contribution is 2.55. The maximum atomic E-state index is 14.3. The molecular formula is C58H79ClN12O6. The van der Waals surface area contributed by atoms with Crippen molar-refractivity contribution in [1.29, 1.82) is 5.26 Å². The molecule has 3 saturated heterocycles. The van der Waals surface area contributed by atoms with Gasteiger partial charge in [0.05, 0.1) is 46.9 Å². The second-order valence-corrected chi connectivity index (χ2v) is 24.3. The molecule has 2 unspecified atom stereocenters. The Morgan fingerprint density at radius 1 is 0.883 bits per heavy atom. The largest absolute Gasteiger partial charge is 0.489 e. The van der Waals surface area contributed by atoms with E-state index in [1.165, 1.54) is 4.90 Å². The molecule has 4 atom stereocenters. The van der Waals surface area contributed by atoms with Gasteiger partial charge in [-0.05, 0) is 75.0 Å². The highest BCUT2D eigenvalue weighted by molar-refractivity contribution is 6.31. The Labute approximate surface area is 459 Å². The minimum absolute atomic E-state index is 0.0149. The first-order valence-corrected chi connectivity index (χ1v) is 27.6. The number of halogens is 1. The second-order valence-electron chi connectivity index (χ2n) is 23.9. The van der Waals surface area contributed by atoms with E-state index in [0.29, 0.717) is 21.9 Å². The van der Waals surface area contributed by atoms with Crippen molar-refractivity contribution in [3.8, 4) is 23.1 Å². The molecule has 4 amide bonds. The van der Waals surface area contributed by atoms with E-state index in [9.17, 15) is 29.5 Å². The number of nitrogens with zero attached hydrogens (tertiary/aromatic N) is 8. The van der Waals surface area contributed by atoms with E-state index in [1.54, 1.807) is 30.7 Å². The molecule has 4 aromatic rings. The predicted molar refractivity (Wildman–Crippen MR) is 297 cm³/mol. The average molecular weight is 1080 g/mol. The van der Waals surface area contributed by atoms with E-state index < -0.39 is 23.6 Å². The Bertz CT molecular complexity index is 2740. The summed E-state index contributed by atoms with van der Waals surface area (Å²) < 4.78 is 6.39. The van der Waals surface area contributed by atoms with Gasteiger partial charge in [0.15, 0.2) is 0 Å². The van der Waals surface area contributed by atoms with Gasteiger partial charge in [0.1, 0.15) is 35.8 Å². The summed E-state index contributed by atoms with van der Waals surface area (Å²) in [5.74, 6) is 0.326. The quantitative estimate of drug-likeness (QED) is 0.0746. The van der Waals surface area contributed by atoms with Gasteiger partial charge in [0, 0.05) is 106 Å². The summed E-state index contributed by atoms with van der Waals surface area (Å²) in [6.07, 6.45) is 4.56. The van der Waals surface area contributed by atoms with Crippen LogP contribution in [0.4, 0.5) is 5.82 Å². The number of aliphatic hydroxyl groups excluding tert-OH is 1. The second kappa shape index (κ2) is 23.9. The Balaban J connectivity index is 0.715. The summed E-state index contributed by atoms with van der Waals surface area (Å²) in [5.41, 5.74) is 3.21. The number of pyridine rings is 1. The van der Waals surface area contributed by atoms with Gasteiger partial charge in [0.25, 0.3) is 5.91 Å². The van der Waals surface area contributed by atoms with Crippen LogP contribution in [0.5, 0.6) is 5.75 Å². The van der Waals surface area contributed by atoms with Crippen LogP contribution in [0.1, 0.15) is 108 Å². The number of benzene rings is 2. The molecule has 5 heterocycles. The average Bonchev–Trinajstić information content (AvgIpc) is 4.21. The first kappa shape index (κ1) is 57.1. The third-order valence-corrected chi connectivity index (χ3v) is 16.6. The van der Waals surface area contributed by atoms with Crippen LogP contribution in [0.2, 0.25) is 5.02 Å². The lowest BCUT2D eigenvalue weighted by atomic mass is 9.49. The SMILES string of the molecule is Cc1[nH]cnc1-c1ccc([C@H](C)NC(=O)C2C[C@@H](O)CN2C(=O)C(NC(=O)CN2CCN(CCCCN3CCN(c4ccc(C(=O)NC5C(C)(C)C(Oc6ccc(C#N)c(Cl)c6)C5(C)C)cn4)CC3)CC2)C(C)(C)C)cc1. The van der Waals surface area contributed by atoms with Crippen molar-refractivity contribution in [3.05, 3.63) is 94.5 Å². The number of hydrogen-bond donors (Lipinski definition) is 5. The van der Waals surface area contributed by atoms with Gasteiger partial charge in [-0.2, -0.15) is 5.26 Å². The van der Waals surface area contributed by atoms with Crippen LogP contribution in [0.25, 0.3) is 11.3 Å². The van der Waals surface area contributed by atoms with E-state index in [2.05, 4.69) is 79.3 Å². The molecule has 414 valence electrons. The molecule has 18 nitrogen and oxygen atoms in total. The summed E-state index contributed by atoms with van der Waals surface area (Å²) in [4.78, 5) is 78.2. The third kappa shape index (κ3) is 13.3. The molecule has 5 N–H and O–H groups in total. The van der Waals surface area contributed by atoms with Crippen molar-refractivity contribution in [2.45, 2.75) is 118 Å². The summed E-state index contributed by atoms with van der Waals surface area (Å²) >= 11 is 6.27. The van der Waals surface area contributed by atoms with E-state index in [4.69, 9.17) is 21.3 Å².